The van der Waals surface area contributed by atoms with Crippen LogP contribution in [0.4, 0.5) is 0 Å². The zero-order valence-corrected chi connectivity index (χ0v) is 12.8. The van der Waals surface area contributed by atoms with Crippen LogP contribution in [0.1, 0.15) is 38.5 Å². The molecule has 1 saturated heterocycles. The molecule has 0 radical (unpaired) electrons. The van der Waals surface area contributed by atoms with E-state index in [1.165, 1.54) is 12.8 Å². The van der Waals surface area contributed by atoms with Crippen LogP contribution >= 0.6 is 0 Å². The van der Waals surface area contributed by atoms with Gasteiger partial charge in [-0.25, -0.2) is 8.42 Å². The molecule has 0 amide bonds. The fraction of sp³-hybridized carbons (Fsp3) is 0.929. The molecule has 20 heavy (non-hydrogen) atoms. The van der Waals surface area contributed by atoms with Crippen molar-refractivity contribution in [1.29, 1.82) is 5.26 Å². The average molecular weight is 297 g/mol. The van der Waals surface area contributed by atoms with Gasteiger partial charge in [0.25, 0.3) is 0 Å². The van der Waals surface area contributed by atoms with Crippen molar-refractivity contribution in [3.05, 3.63) is 0 Å². The number of hydrogen-bond donors (Lipinski definition) is 1. The minimum absolute atomic E-state index is 0.139. The summed E-state index contributed by atoms with van der Waals surface area (Å²) in [6.07, 6.45) is 5.81. The van der Waals surface area contributed by atoms with Gasteiger partial charge >= 0.3 is 0 Å². The Morgan fingerprint density at radius 1 is 1.25 bits per heavy atom. The van der Waals surface area contributed by atoms with E-state index in [-0.39, 0.29) is 17.3 Å². The molecule has 1 aliphatic heterocycles. The lowest BCUT2D eigenvalue weighted by atomic mass is 9.99. The first-order chi connectivity index (χ1) is 9.43. The molecule has 2 saturated carbocycles. The van der Waals surface area contributed by atoms with E-state index < -0.39 is 9.84 Å². The number of rotatable bonds is 4. The van der Waals surface area contributed by atoms with Gasteiger partial charge in [0, 0.05) is 18.1 Å². The highest BCUT2D eigenvalue weighted by Crippen LogP contribution is 2.37. The summed E-state index contributed by atoms with van der Waals surface area (Å²) >= 11 is 0. The van der Waals surface area contributed by atoms with Crippen molar-refractivity contribution in [3.8, 4) is 6.07 Å². The molecule has 3 rings (SSSR count). The lowest BCUT2D eigenvalue weighted by molar-refractivity contribution is 0.183. The summed E-state index contributed by atoms with van der Waals surface area (Å²) in [5.74, 6) is 0.605. The second-order valence-electron chi connectivity index (χ2n) is 6.73. The Hall–Kier alpha value is -0.640. The summed E-state index contributed by atoms with van der Waals surface area (Å²) in [5.41, 5.74) is -0.377. The highest BCUT2D eigenvalue weighted by atomic mass is 32.2. The molecule has 1 N–H and O–H groups in total. The number of nitrogens with zero attached hydrogens (tertiary/aromatic N) is 2. The Morgan fingerprint density at radius 3 is 2.55 bits per heavy atom. The molecule has 0 aromatic heterocycles. The molecule has 5 nitrogen and oxygen atoms in total. The summed E-state index contributed by atoms with van der Waals surface area (Å²) in [7, 11) is -0.807. The van der Waals surface area contributed by atoms with Crippen molar-refractivity contribution in [1.82, 2.24) is 10.2 Å². The van der Waals surface area contributed by atoms with Crippen molar-refractivity contribution in [3.63, 3.8) is 0 Å². The summed E-state index contributed by atoms with van der Waals surface area (Å²) in [6, 6.07) is 3.49. The molecule has 0 bridgehead atoms. The van der Waals surface area contributed by atoms with Crippen molar-refractivity contribution >= 4 is 9.84 Å². The van der Waals surface area contributed by atoms with Gasteiger partial charge in [-0.2, -0.15) is 5.26 Å². The maximum Gasteiger partial charge on any atom is 0.151 e. The number of nitrogens with one attached hydrogen (secondary N) is 1. The lowest BCUT2D eigenvalue weighted by Gasteiger charge is -2.31. The highest BCUT2D eigenvalue weighted by molar-refractivity contribution is 7.91. The molecular weight excluding hydrogens is 274 g/mol. The minimum atomic E-state index is -2.84. The summed E-state index contributed by atoms with van der Waals surface area (Å²) in [5, 5.41) is 13.0. The molecule has 0 aromatic carbocycles. The molecule has 3 fully saturated rings. The number of hydrogen-bond acceptors (Lipinski definition) is 5. The van der Waals surface area contributed by atoms with Crippen LogP contribution in [0.15, 0.2) is 0 Å². The van der Waals surface area contributed by atoms with Crippen molar-refractivity contribution in [2.24, 2.45) is 0 Å². The normalized spacial score (nSPS) is 40.0. The second kappa shape index (κ2) is 4.97. The van der Waals surface area contributed by atoms with Crippen LogP contribution in [0.25, 0.3) is 0 Å². The third-order valence-electron chi connectivity index (χ3n) is 5.12. The van der Waals surface area contributed by atoms with E-state index in [4.69, 9.17) is 0 Å². The molecule has 2 aliphatic carbocycles. The third-order valence-corrected chi connectivity index (χ3v) is 6.87. The van der Waals surface area contributed by atoms with Crippen molar-refractivity contribution < 1.29 is 8.42 Å². The van der Waals surface area contributed by atoms with Crippen LogP contribution < -0.4 is 5.32 Å². The second-order valence-corrected chi connectivity index (χ2v) is 8.96. The lowest BCUT2D eigenvalue weighted by Crippen LogP contribution is -2.46. The van der Waals surface area contributed by atoms with Crippen LogP contribution in [0.5, 0.6) is 0 Å². The van der Waals surface area contributed by atoms with Crippen LogP contribution in [-0.2, 0) is 9.84 Å². The fourth-order valence-electron chi connectivity index (χ4n) is 3.65. The van der Waals surface area contributed by atoms with Gasteiger partial charge in [-0.05, 0) is 45.6 Å². The molecule has 1 heterocycles. The van der Waals surface area contributed by atoms with Crippen molar-refractivity contribution in [2.75, 3.05) is 18.6 Å². The van der Waals surface area contributed by atoms with Gasteiger partial charge in [0.2, 0.25) is 0 Å². The van der Waals surface area contributed by atoms with E-state index in [0.29, 0.717) is 17.8 Å². The van der Waals surface area contributed by atoms with E-state index in [0.717, 1.165) is 25.7 Å². The summed E-state index contributed by atoms with van der Waals surface area (Å²) in [4.78, 5) is 2.22. The van der Waals surface area contributed by atoms with Gasteiger partial charge in [0.15, 0.2) is 9.84 Å². The zero-order valence-electron chi connectivity index (χ0n) is 12.0. The topological polar surface area (TPSA) is 73.2 Å². The monoisotopic (exact) mass is 297 g/mol. The van der Waals surface area contributed by atoms with Crippen LogP contribution in [0.3, 0.4) is 0 Å². The maximum absolute atomic E-state index is 11.6. The Labute approximate surface area is 121 Å². The van der Waals surface area contributed by atoms with E-state index in [1.54, 1.807) is 0 Å². The van der Waals surface area contributed by atoms with Crippen molar-refractivity contribution in [2.45, 2.75) is 62.2 Å². The zero-order chi connectivity index (χ0) is 14.4. The SMILES string of the molecule is CN(C1CCC(C#N)(NC2CC2)C1)C1CCS(=O)(=O)C1. The summed E-state index contributed by atoms with van der Waals surface area (Å²) < 4.78 is 23.2. The fourth-order valence-corrected chi connectivity index (χ4v) is 5.43. The smallest absolute Gasteiger partial charge is 0.151 e. The minimum Gasteiger partial charge on any atom is -0.299 e. The predicted octanol–water partition coefficient (Wildman–Crippen LogP) is 0.672. The Balaban J connectivity index is 1.63. The summed E-state index contributed by atoms with van der Waals surface area (Å²) in [6.45, 7) is 0. The largest absolute Gasteiger partial charge is 0.299 e. The van der Waals surface area contributed by atoms with E-state index in [1.807, 2.05) is 7.05 Å². The Morgan fingerprint density at radius 2 is 2.00 bits per heavy atom. The van der Waals surface area contributed by atoms with E-state index in [2.05, 4.69) is 16.3 Å². The van der Waals surface area contributed by atoms with Gasteiger partial charge in [0.1, 0.15) is 5.54 Å². The number of sulfone groups is 1. The first-order valence-corrected chi connectivity index (χ1v) is 9.36. The molecule has 6 heteroatoms. The van der Waals surface area contributed by atoms with Crippen LogP contribution in [0.2, 0.25) is 0 Å². The molecule has 0 spiro atoms. The molecule has 3 atom stereocenters. The quantitative estimate of drug-likeness (QED) is 0.826. The Kier molecular flexibility index (Phi) is 3.56. The molecular formula is C14H23N3O2S. The molecule has 0 aromatic rings. The van der Waals surface area contributed by atoms with Crippen LogP contribution in [0, 0.1) is 11.3 Å². The van der Waals surface area contributed by atoms with Crippen LogP contribution in [-0.4, -0.2) is 55.5 Å². The predicted molar refractivity (Wildman–Crippen MR) is 77.0 cm³/mol. The molecule has 3 unspecified atom stereocenters. The number of nitriles is 1. The Bertz CT molecular complexity index is 523. The molecule has 112 valence electrons. The first-order valence-electron chi connectivity index (χ1n) is 7.54. The first kappa shape index (κ1) is 14.3. The molecule has 3 aliphatic rings. The van der Waals surface area contributed by atoms with E-state index >= 15 is 0 Å². The van der Waals surface area contributed by atoms with Gasteiger partial charge in [-0.3, -0.25) is 10.2 Å². The van der Waals surface area contributed by atoms with E-state index in [9.17, 15) is 13.7 Å². The van der Waals surface area contributed by atoms with Gasteiger partial charge in [-0.15, -0.1) is 0 Å². The highest BCUT2D eigenvalue weighted by Gasteiger charge is 2.45. The van der Waals surface area contributed by atoms with Gasteiger partial charge in [-0.1, -0.05) is 0 Å². The maximum atomic E-state index is 11.6. The van der Waals surface area contributed by atoms with Gasteiger partial charge in [0.05, 0.1) is 17.6 Å². The third kappa shape index (κ3) is 2.85. The van der Waals surface area contributed by atoms with Gasteiger partial charge < -0.3 is 0 Å². The average Bonchev–Trinajstić information content (AvgIpc) is 2.98. The standard InChI is InChI=1S/C14H23N3O2S/c1-17(13-5-7-20(18,19)9-13)12-4-6-14(8-12,10-15)16-11-2-3-11/h11-13,16H,2-9H2,1H3.